The summed E-state index contributed by atoms with van der Waals surface area (Å²) in [5.41, 5.74) is 0.971. The van der Waals surface area contributed by atoms with Gasteiger partial charge in [-0.1, -0.05) is 0 Å². The Hall–Kier alpha value is -3.96. The highest BCUT2D eigenvalue weighted by Crippen LogP contribution is 2.23. The third-order valence-electron chi connectivity index (χ3n) is 5.55. The molecule has 12 heteroatoms. The first kappa shape index (κ1) is 24.2. The number of hydrogen-bond acceptors (Lipinski definition) is 9. The summed E-state index contributed by atoms with van der Waals surface area (Å²) in [6.45, 7) is 8.71. The molecule has 2 amide bonds. The van der Waals surface area contributed by atoms with Crippen molar-refractivity contribution in [1.29, 1.82) is 0 Å². The molecule has 3 aromatic rings. The zero-order valence-corrected chi connectivity index (χ0v) is 20.8. The molecule has 4 rings (SSSR count). The second-order valence-electron chi connectivity index (χ2n) is 9.44. The molecule has 4 heterocycles. The fraction of sp³-hybridized carbons (Fsp3) is 0.478. The van der Waals surface area contributed by atoms with Gasteiger partial charge in [0.15, 0.2) is 5.82 Å². The van der Waals surface area contributed by atoms with E-state index in [9.17, 15) is 9.59 Å². The van der Waals surface area contributed by atoms with Crippen LogP contribution in [0.25, 0.3) is 5.65 Å². The van der Waals surface area contributed by atoms with Crippen molar-refractivity contribution in [2.75, 3.05) is 37.5 Å². The fourth-order valence-corrected chi connectivity index (χ4v) is 3.82. The van der Waals surface area contributed by atoms with Gasteiger partial charge in [0.25, 0.3) is 11.8 Å². The molecular formula is C23H30N8O4. The number of fused-ring (bicyclic) bond motifs is 1. The Morgan fingerprint density at radius 1 is 1.17 bits per heavy atom. The quantitative estimate of drug-likeness (QED) is 0.583. The highest BCUT2D eigenvalue weighted by Gasteiger charge is 2.31. The highest BCUT2D eigenvalue weighted by atomic mass is 16.6. The van der Waals surface area contributed by atoms with Gasteiger partial charge in [-0.2, -0.15) is 4.98 Å². The molecule has 0 aliphatic carbocycles. The predicted octanol–water partition coefficient (Wildman–Crippen LogP) is 2.53. The average molecular weight is 483 g/mol. The van der Waals surface area contributed by atoms with Crippen LogP contribution in [0.15, 0.2) is 24.8 Å². The lowest BCUT2D eigenvalue weighted by Gasteiger charge is -2.28. The summed E-state index contributed by atoms with van der Waals surface area (Å²) in [6, 6.07) is -0.00240. The van der Waals surface area contributed by atoms with Crippen molar-refractivity contribution >= 4 is 29.3 Å². The largest absolute Gasteiger partial charge is 0.478 e. The van der Waals surface area contributed by atoms with Gasteiger partial charge in [0.05, 0.1) is 37.4 Å². The summed E-state index contributed by atoms with van der Waals surface area (Å²) in [5.74, 6) is 0.794. The lowest BCUT2D eigenvalue weighted by molar-refractivity contribution is 0.0237. The van der Waals surface area contributed by atoms with E-state index >= 15 is 0 Å². The predicted molar refractivity (Wildman–Crippen MR) is 129 cm³/mol. The summed E-state index contributed by atoms with van der Waals surface area (Å²) in [4.78, 5) is 46.1. The lowest BCUT2D eigenvalue weighted by atomic mass is 10.2. The van der Waals surface area contributed by atoms with Gasteiger partial charge in [-0.15, -0.1) is 0 Å². The van der Waals surface area contributed by atoms with E-state index in [1.807, 2.05) is 38.8 Å². The summed E-state index contributed by atoms with van der Waals surface area (Å²) < 4.78 is 12.5. The van der Waals surface area contributed by atoms with Crippen LogP contribution in [0.4, 0.5) is 16.4 Å². The Morgan fingerprint density at radius 3 is 2.60 bits per heavy atom. The monoisotopic (exact) mass is 482 g/mol. The Bertz CT molecular complexity index is 1230. The molecule has 0 radical (unpaired) electrons. The number of ether oxygens (including phenoxy) is 2. The summed E-state index contributed by atoms with van der Waals surface area (Å²) in [6.07, 6.45) is 6.88. The van der Waals surface area contributed by atoms with Crippen LogP contribution in [-0.2, 0) is 4.74 Å². The zero-order chi connectivity index (χ0) is 25.3. The van der Waals surface area contributed by atoms with E-state index in [0.29, 0.717) is 36.3 Å². The molecule has 0 aromatic carbocycles. The normalized spacial score (nSPS) is 15.8. The maximum Gasteiger partial charge on any atom is 0.410 e. The van der Waals surface area contributed by atoms with E-state index in [4.69, 9.17) is 9.47 Å². The summed E-state index contributed by atoms with van der Waals surface area (Å²) >= 11 is 0. The molecule has 1 saturated heterocycles. The van der Waals surface area contributed by atoms with E-state index in [1.54, 1.807) is 28.7 Å². The number of nitrogens with one attached hydrogen (secondary N) is 1. The van der Waals surface area contributed by atoms with Crippen molar-refractivity contribution in [2.45, 2.75) is 45.8 Å². The first-order valence-corrected chi connectivity index (χ1v) is 11.3. The van der Waals surface area contributed by atoms with Crippen LogP contribution in [0, 0.1) is 6.92 Å². The van der Waals surface area contributed by atoms with Crippen LogP contribution < -0.4 is 15.0 Å². The first-order chi connectivity index (χ1) is 16.5. The molecule has 1 aliphatic rings. The van der Waals surface area contributed by atoms with Crippen molar-refractivity contribution < 1.29 is 19.1 Å². The Labute approximate surface area is 203 Å². The number of methoxy groups -OCH3 is 1. The fourth-order valence-electron chi connectivity index (χ4n) is 3.82. The van der Waals surface area contributed by atoms with Crippen LogP contribution >= 0.6 is 0 Å². The minimum atomic E-state index is -0.546. The van der Waals surface area contributed by atoms with Crippen LogP contribution in [0.3, 0.4) is 0 Å². The maximum absolute atomic E-state index is 12.7. The van der Waals surface area contributed by atoms with Crippen molar-refractivity contribution in [3.63, 3.8) is 0 Å². The number of likely N-dealkylation sites (N-methyl/N-ethyl adjacent to an activating group) is 1. The molecule has 1 fully saturated rings. The highest BCUT2D eigenvalue weighted by molar-refractivity contribution is 6.02. The van der Waals surface area contributed by atoms with Crippen LogP contribution in [0.1, 0.15) is 43.4 Å². The Balaban J connectivity index is 1.40. The van der Waals surface area contributed by atoms with Crippen LogP contribution in [-0.4, -0.2) is 80.1 Å². The number of anilines is 2. The molecule has 0 saturated carbocycles. The number of carbonyl (C=O) groups is 2. The number of nitrogens with zero attached hydrogens (tertiary/aromatic N) is 7. The molecule has 0 unspecified atom stereocenters. The van der Waals surface area contributed by atoms with E-state index in [0.717, 1.165) is 12.1 Å². The van der Waals surface area contributed by atoms with Gasteiger partial charge >= 0.3 is 6.09 Å². The molecule has 1 aliphatic heterocycles. The van der Waals surface area contributed by atoms with E-state index in [2.05, 4.69) is 25.3 Å². The van der Waals surface area contributed by atoms with Gasteiger partial charge in [-0.25, -0.2) is 19.7 Å². The van der Waals surface area contributed by atoms with Gasteiger partial charge < -0.3 is 24.6 Å². The third kappa shape index (κ3) is 5.42. The number of aromatic nitrogens is 5. The summed E-state index contributed by atoms with van der Waals surface area (Å²) in [5, 5.41) is 2.72. The maximum atomic E-state index is 12.7. The Morgan fingerprint density at radius 2 is 1.94 bits per heavy atom. The lowest BCUT2D eigenvalue weighted by Crippen LogP contribution is -2.42. The van der Waals surface area contributed by atoms with Crippen molar-refractivity contribution in [3.05, 3.63) is 36.2 Å². The second-order valence-corrected chi connectivity index (χ2v) is 9.44. The molecule has 186 valence electrons. The SMILES string of the molecule is COc1nc(NC(=O)c2cnc(N3CC[C@@H](N(C)C(=O)OC(C)(C)C)C3)cn2)cn2cc(C)nc12. The molecule has 3 aromatic heterocycles. The smallest absolute Gasteiger partial charge is 0.410 e. The van der Waals surface area contributed by atoms with Crippen LogP contribution in [0.5, 0.6) is 5.88 Å². The molecule has 0 bridgehead atoms. The van der Waals surface area contributed by atoms with Gasteiger partial charge in [-0.05, 0) is 34.1 Å². The van der Waals surface area contributed by atoms with Crippen molar-refractivity contribution in [3.8, 4) is 5.88 Å². The number of hydrogen-bond donors (Lipinski definition) is 1. The molecule has 1 atom stereocenters. The third-order valence-corrected chi connectivity index (χ3v) is 5.55. The molecule has 35 heavy (non-hydrogen) atoms. The van der Waals surface area contributed by atoms with Gasteiger partial charge in [0, 0.05) is 26.3 Å². The van der Waals surface area contributed by atoms with E-state index < -0.39 is 11.5 Å². The first-order valence-electron chi connectivity index (χ1n) is 11.3. The second kappa shape index (κ2) is 9.35. The van der Waals surface area contributed by atoms with Crippen molar-refractivity contribution in [1.82, 2.24) is 29.2 Å². The minimum absolute atomic E-state index is 0.00240. The number of imidazole rings is 1. The van der Waals surface area contributed by atoms with E-state index in [-0.39, 0.29) is 17.8 Å². The molecule has 1 N–H and O–H groups in total. The number of carbonyl (C=O) groups excluding carboxylic acids is 2. The standard InChI is InChI=1S/C23H30N8O4/c1-14-11-31-13-17(28-21(34-6)19(31)26-14)27-20(32)16-9-25-18(10-24-16)30-8-7-15(12-30)29(5)22(33)35-23(2,3)4/h9-11,13,15H,7-8,12H2,1-6H3,(H,27,32)/t15-/m1/s1. The average Bonchev–Trinajstić information content (AvgIpc) is 3.43. The number of amides is 2. The molecular weight excluding hydrogens is 452 g/mol. The topological polar surface area (TPSA) is 127 Å². The van der Waals surface area contributed by atoms with Gasteiger partial charge in [0.2, 0.25) is 5.65 Å². The zero-order valence-electron chi connectivity index (χ0n) is 20.8. The molecule has 0 spiro atoms. The Kier molecular flexibility index (Phi) is 6.46. The van der Waals surface area contributed by atoms with Gasteiger partial charge in [0.1, 0.15) is 17.1 Å². The molecule has 12 nitrogen and oxygen atoms in total. The summed E-state index contributed by atoms with van der Waals surface area (Å²) in [7, 11) is 3.24. The van der Waals surface area contributed by atoms with Crippen LogP contribution in [0.2, 0.25) is 0 Å². The minimum Gasteiger partial charge on any atom is -0.478 e. The number of rotatable bonds is 5. The van der Waals surface area contributed by atoms with Gasteiger partial charge in [-0.3, -0.25) is 9.20 Å². The number of aryl methyl sites for hydroxylation is 1. The van der Waals surface area contributed by atoms with E-state index in [1.165, 1.54) is 13.3 Å². The van der Waals surface area contributed by atoms with Crippen molar-refractivity contribution in [2.24, 2.45) is 0 Å².